The third-order valence-corrected chi connectivity index (χ3v) is 2.69. The lowest BCUT2D eigenvalue weighted by atomic mass is 9.88. The molecule has 0 saturated heterocycles. The summed E-state index contributed by atoms with van der Waals surface area (Å²) < 4.78 is 5.06. The van der Waals surface area contributed by atoms with Crippen LogP contribution < -0.4 is 10.1 Å². The van der Waals surface area contributed by atoms with E-state index in [0.29, 0.717) is 6.42 Å². The fraction of sp³-hybridized carbons (Fsp3) is 0.385. The number of ether oxygens (including phenoxy) is 1. The number of nitrogens with one attached hydrogen (secondary N) is 1. The van der Waals surface area contributed by atoms with Gasteiger partial charge in [0.2, 0.25) is 5.91 Å². The van der Waals surface area contributed by atoms with Gasteiger partial charge >= 0.3 is 0 Å². The van der Waals surface area contributed by atoms with Gasteiger partial charge in [0, 0.05) is 6.92 Å². The van der Waals surface area contributed by atoms with Crippen LogP contribution in [0.1, 0.15) is 25.8 Å². The number of methoxy groups -OCH3 is 1. The summed E-state index contributed by atoms with van der Waals surface area (Å²) in [6.45, 7) is 3.27. The summed E-state index contributed by atoms with van der Waals surface area (Å²) in [5.74, 6) is 0.503. The molecule has 1 amide bonds. The molecule has 0 aliphatic carbocycles. The van der Waals surface area contributed by atoms with Gasteiger partial charge in [-0.05, 0) is 24.1 Å². The van der Waals surface area contributed by atoms with Crippen molar-refractivity contribution in [1.29, 1.82) is 5.26 Å². The molecule has 1 aromatic rings. The van der Waals surface area contributed by atoms with Crippen LogP contribution in [0, 0.1) is 11.3 Å². The van der Waals surface area contributed by atoms with Crippen molar-refractivity contribution >= 4 is 5.91 Å². The Hall–Kier alpha value is -2.02. The maximum absolute atomic E-state index is 11.2. The molecule has 1 N–H and O–H groups in total. The summed E-state index contributed by atoms with van der Waals surface area (Å²) in [6.07, 6.45) is 0.509. The molecular formula is C13H16N2O2. The highest BCUT2D eigenvalue weighted by Crippen LogP contribution is 2.26. The van der Waals surface area contributed by atoms with Crippen molar-refractivity contribution in [1.82, 2.24) is 5.32 Å². The lowest BCUT2D eigenvalue weighted by Gasteiger charge is -2.26. The van der Waals surface area contributed by atoms with E-state index < -0.39 is 5.54 Å². The number of rotatable bonds is 4. The molecule has 90 valence electrons. The Morgan fingerprint density at radius 3 is 2.41 bits per heavy atom. The van der Waals surface area contributed by atoms with Gasteiger partial charge in [0.05, 0.1) is 13.2 Å². The third-order valence-electron chi connectivity index (χ3n) is 2.69. The summed E-state index contributed by atoms with van der Waals surface area (Å²) in [5, 5.41) is 12.0. The maximum atomic E-state index is 11.2. The van der Waals surface area contributed by atoms with E-state index in [4.69, 9.17) is 4.74 Å². The fourth-order valence-electron chi connectivity index (χ4n) is 1.71. The normalized spacial score (nSPS) is 13.3. The van der Waals surface area contributed by atoms with Gasteiger partial charge in [-0.25, -0.2) is 0 Å². The lowest BCUT2D eigenvalue weighted by molar-refractivity contribution is -0.120. The van der Waals surface area contributed by atoms with Crippen molar-refractivity contribution in [2.24, 2.45) is 0 Å². The zero-order valence-electron chi connectivity index (χ0n) is 10.3. The van der Waals surface area contributed by atoms with Gasteiger partial charge in [0.1, 0.15) is 5.75 Å². The molecule has 17 heavy (non-hydrogen) atoms. The molecular weight excluding hydrogens is 216 g/mol. The molecule has 0 saturated carbocycles. The highest BCUT2D eigenvalue weighted by molar-refractivity contribution is 5.74. The number of nitrogens with zero attached hydrogens (tertiary/aromatic N) is 1. The van der Waals surface area contributed by atoms with Crippen LogP contribution in [0.5, 0.6) is 5.75 Å². The van der Waals surface area contributed by atoms with Crippen molar-refractivity contribution in [3.8, 4) is 11.8 Å². The number of carbonyl (C=O) groups excluding carboxylic acids is 1. The number of carbonyl (C=O) groups is 1. The molecule has 4 nitrogen and oxygen atoms in total. The van der Waals surface area contributed by atoms with Gasteiger partial charge in [0.25, 0.3) is 0 Å². The predicted octanol–water partition coefficient (Wildman–Crippen LogP) is 1.96. The first-order valence-corrected chi connectivity index (χ1v) is 5.42. The average Bonchev–Trinajstić information content (AvgIpc) is 2.36. The molecule has 0 aromatic heterocycles. The maximum Gasteiger partial charge on any atom is 0.218 e. The van der Waals surface area contributed by atoms with Crippen molar-refractivity contribution in [3.63, 3.8) is 0 Å². The molecule has 1 atom stereocenters. The fourth-order valence-corrected chi connectivity index (χ4v) is 1.71. The van der Waals surface area contributed by atoms with Crippen LogP contribution in [0.25, 0.3) is 0 Å². The van der Waals surface area contributed by atoms with Gasteiger partial charge in [0.15, 0.2) is 5.54 Å². The number of hydrogen-bond acceptors (Lipinski definition) is 3. The number of amides is 1. The smallest absolute Gasteiger partial charge is 0.218 e. The first-order valence-electron chi connectivity index (χ1n) is 5.42. The molecule has 0 fully saturated rings. The van der Waals surface area contributed by atoms with E-state index >= 15 is 0 Å². The topological polar surface area (TPSA) is 62.1 Å². The van der Waals surface area contributed by atoms with E-state index in [-0.39, 0.29) is 5.91 Å². The Balaban J connectivity index is 3.13. The average molecular weight is 232 g/mol. The Labute approximate surface area is 101 Å². The Bertz CT molecular complexity index is 434. The summed E-state index contributed by atoms with van der Waals surface area (Å²) in [6, 6.07) is 9.32. The van der Waals surface area contributed by atoms with Crippen molar-refractivity contribution in [2.45, 2.75) is 25.8 Å². The Kier molecular flexibility index (Phi) is 4.11. The van der Waals surface area contributed by atoms with Crippen LogP contribution in [0.3, 0.4) is 0 Å². The minimum absolute atomic E-state index is 0.218. The van der Waals surface area contributed by atoms with Crippen LogP contribution in [0.4, 0.5) is 0 Å². The standard InChI is InChI=1S/C13H16N2O2/c1-4-13(9-14,15-10(2)16)11-5-7-12(17-3)8-6-11/h5-8H,4H2,1-3H3,(H,15,16). The Morgan fingerprint density at radius 1 is 1.47 bits per heavy atom. The second-order valence-corrected chi connectivity index (χ2v) is 3.78. The zero-order chi connectivity index (χ0) is 12.9. The van der Waals surface area contributed by atoms with Crippen molar-refractivity contribution in [3.05, 3.63) is 29.8 Å². The van der Waals surface area contributed by atoms with Crippen LogP contribution in [-0.4, -0.2) is 13.0 Å². The summed E-state index contributed by atoms with van der Waals surface area (Å²) in [5.41, 5.74) is -0.198. The number of benzene rings is 1. The van der Waals surface area contributed by atoms with E-state index in [1.165, 1.54) is 6.92 Å². The number of hydrogen-bond donors (Lipinski definition) is 1. The zero-order valence-corrected chi connectivity index (χ0v) is 10.3. The van der Waals surface area contributed by atoms with Gasteiger partial charge in [-0.2, -0.15) is 5.26 Å². The second-order valence-electron chi connectivity index (χ2n) is 3.78. The third kappa shape index (κ3) is 2.76. The van der Waals surface area contributed by atoms with Crippen LogP contribution in [0.2, 0.25) is 0 Å². The molecule has 0 aliphatic heterocycles. The van der Waals surface area contributed by atoms with Crippen molar-refractivity contribution in [2.75, 3.05) is 7.11 Å². The molecule has 0 radical (unpaired) electrons. The predicted molar refractivity (Wildman–Crippen MR) is 64.4 cm³/mol. The largest absolute Gasteiger partial charge is 0.497 e. The monoisotopic (exact) mass is 232 g/mol. The first kappa shape index (κ1) is 13.0. The Morgan fingerprint density at radius 2 is 2.06 bits per heavy atom. The van der Waals surface area contributed by atoms with Gasteiger partial charge in [-0.3, -0.25) is 4.79 Å². The minimum Gasteiger partial charge on any atom is -0.497 e. The van der Waals surface area contributed by atoms with Gasteiger partial charge in [-0.15, -0.1) is 0 Å². The first-order chi connectivity index (χ1) is 8.07. The molecule has 0 bridgehead atoms. The molecule has 0 heterocycles. The van der Waals surface area contributed by atoms with E-state index in [1.54, 1.807) is 31.4 Å². The number of nitriles is 1. The van der Waals surface area contributed by atoms with Crippen LogP contribution in [-0.2, 0) is 10.3 Å². The molecule has 0 aliphatic rings. The minimum atomic E-state index is -0.960. The molecule has 4 heteroatoms. The van der Waals surface area contributed by atoms with Crippen LogP contribution in [0.15, 0.2) is 24.3 Å². The van der Waals surface area contributed by atoms with E-state index in [2.05, 4.69) is 11.4 Å². The molecule has 1 unspecified atom stereocenters. The summed E-state index contributed by atoms with van der Waals surface area (Å²) >= 11 is 0. The van der Waals surface area contributed by atoms with E-state index in [0.717, 1.165) is 11.3 Å². The molecule has 1 rings (SSSR count). The van der Waals surface area contributed by atoms with Gasteiger partial charge < -0.3 is 10.1 Å². The van der Waals surface area contributed by atoms with Crippen molar-refractivity contribution < 1.29 is 9.53 Å². The van der Waals surface area contributed by atoms with Crippen LogP contribution >= 0.6 is 0 Å². The summed E-state index contributed by atoms with van der Waals surface area (Å²) in [7, 11) is 1.58. The lowest BCUT2D eigenvalue weighted by Crippen LogP contribution is -2.43. The summed E-state index contributed by atoms with van der Waals surface area (Å²) in [4.78, 5) is 11.2. The molecule has 0 spiro atoms. The van der Waals surface area contributed by atoms with E-state index in [1.807, 2.05) is 6.92 Å². The quantitative estimate of drug-likeness (QED) is 0.863. The van der Waals surface area contributed by atoms with E-state index in [9.17, 15) is 10.1 Å². The second kappa shape index (κ2) is 5.35. The molecule has 1 aromatic carbocycles. The van der Waals surface area contributed by atoms with Gasteiger partial charge in [-0.1, -0.05) is 19.1 Å². The highest BCUT2D eigenvalue weighted by atomic mass is 16.5. The highest BCUT2D eigenvalue weighted by Gasteiger charge is 2.31. The SMILES string of the molecule is CCC(C#N)(NC(C)=O)c1ccc(OC)cc1.